The average molecular weight is 360 g/mol. The predicted molar refractivity (Wildman–Crippen MR) is 106 cm³/mol. The Morgan fingerprint density at radius 1 is 1.27 bits per heavy atom. The van der Waals surface area contributed by atoms with Gasteiger partial charge in [0.15, 0.2) is 0 Å². The number of nitrogens with zero attached hydrogens (tertiary/aromatic N) is 1. The van der Waals surface area contributed by atoms with E-state index in [1.807, 2.05) is 39.0 Å². The number of ether oxygens (including phenoxy) is 2. The summed E-state index contributed by atoms with van der Waals surface area (Å²) in [4.78, 5) is 13.8. The van der Waals surface area contributed by atoms with Gasteiger partial charge in [-0.15, -0.1) is 6.42 Å². The first kappa shape index (κ1) is 21.9. The molecule has 5 nitrogen and oxygen atoms in total. The largest absolute Gasteiger partial charge is 0.444 e. The minimum atomic E-state index is -0.480. The first-order valence-electron chi connectivity index (χ1n) is 9.19. The molecule has 0 aromatic heterocycles. The molecular weight excluding hydrogens is 328 g/mol. The van der Waals surface area contributed by atoms with Crippen LogP contribution in [0.4, 0.5) is 10.5 Å². The molecule has 5 heteroatoms. The summed E-state index contributed by atoms with van der Waals surface area (Å²) in [5.41, 5.74) is 2.63. The molecule has 1 aromatic carbocycles. The number of carbonyl (C=O) groups is 1. The van der Waals surface area contributed by atoms with Crippen LogP contribution in [0.15, 0.2) is 18.2 Å². The molecule has 0 atom stereocenters. The summed E-state index contributed by atoms with van der Waals surface area (Å²) in [5.74, 6) is 2.69. The Hall–Kier alpha value is -2.19. The Labute approximate surface area is 158 Å². The van der Waals surface area contributed by atoms with Crippen molar-refractivity contribution in [1.29, 1.82) is 0 Å². The van der Waals surface area contributed by atoms with E-state index >= 15 is 0 Å². The van der Waals surface area contributed by atoms with E-state index in [0.717, 1.165) is 36.3 Å². The topological polar surface area (TPSA) is 50.8 Å². The fourth-order valence-electron chi connectivity index (χ4n) is 2.50. The van der Waals surface area contributed by atoms with E-state index in [4.69, 9.17) is 15.9 Å². The molecule has 0 saturated carbocycles. The highest BCUT2D eigenvalue weighted by molar-refractivity contribution is 5.67. The number of rotatable bonds is 9. The number of benzene rings is 1. The zero-order valence-corrected chi connectivity index (χ0v) is 16.7. The molecule has 0 spiro atoms. The molecule has 0 aliphatic carbocycles. The summed E-state index contributed by atoms with van der Waals surface area (Å²) in [6.45, 7) is 13.2. The van der Waals surface area contributed by atoms with Crippen LogP contribution in [0.25, 0.3) is 0 Å². The predicted octanol–water partition coefficient (Wildman–Crippen LogP) is 3.95. The fourth-order valence-corrected chi connectivity index (χ4v) is 2.50. The fraction of sp³-hybridized carbons (Fsp3) is 0.571. The monoisotopic (exact) mass is 360 g/mol. The van der Waals surface area contributed by atoms with Crippen molar-refractivity contribution in [2.24, 2.45) is 0 Å². The number of terminal acetylenes is 1. The van der Waals surface area contributed by atoms with Gasteiger partial charge in [0.25, 0.3) is 0 Å². The third-order valence-electron chi connectivity index (χ3n) is 3.75. The maximum absolute atomic E-state index is 11.6. The number of anilines is 1. The third-order valence-corrected chi connectivity index (χ3v) is 3.75. The van der Waals surface area contributed by atoms with E-state index in [1.54, 1.807) is 0 Å². The Morgan fingerprint density at radius 2 is 1.96 bits per heavy atom. The maximum Gasteiger partial charge on any atom is 0.407 e. The third kappa shape index (κ3) is 7.79. The molecule has 0 radical (unpaired) electrons. The molecule has 1 aromatic rings. The van der Waals surface area contributed by atoms with Crippen molar-refractivity contribution in [2.45, 2.75) is 53.2 Å². The number of carbonyl (C=O) groups excluding carboxylic acids is 1. The summed E-state index contributed by atoms with van der Waals surface area (Å²) in [7, 11) is 0. The molecule has 0 bridgehead atoms. The van der Waals surface area contributed by atoms with Gasteiger partial charge in [0.1, 0.15) is 5.60 Å². The lowest BCUT2D eigenvalue weighted by molar-refractivity contribution is 0.0518. The minimum Gasteiger partial charge on any atom is -0.444 e. The van der Waals surface area contributed by atoms with Gasteiger partial charge in [-0.2, -0.15) is 0 Å². The van der Waals surface area contributed by atoms with Crippen LogP contribution in [0.5, 0.6) is 0 Å². The highest BCUT2D eigenvalue weighted by Gasteiger charge is 2.15. The molecule has 1 amide bonds. The van der Waals surface area contributed by atoms with Crippen LogP contribution in [0.3, 0.4) is 0 Å². The summed E-state index contributed by atoms with van der Waals surface area (Å²) in [6, 6.07) is 6.01. The van der Waals surface area contributed by atoms with E-state index in [2.05, 4.69) is 30.0 Å². The summed E-state index contributed by atoms with van der Waals surface area (Å²) < 4.78 is 11.0. The maximum atomic E-state index is 11.6. The summed E-state index contributed by atoms with van der Waals surface area (Å²) in [6.07, 6.45) is 5.85. The van der Waals surface area contributed by atoms with Gasteiger partial charge in [-0.1, -0.05) is 12.0 Å². The van der Waals surface area contributed by atoms with Crippen molar-refractivity contribution in [3.05, 3.63) is 29.3 Å². The van der Waals surface area contributed by atoms with E-state index in [9.17, 15) is 4.79 Å². The molecule has 0 saturated heterocycles. The van der Waals surface area contributed by atoms with Gasteiger partial charge in [0.2, 0.25) is 0 Å². The number of hydrogen-bond acceptors (Lipinski definition) is 4. The Morgan fingerprint density at radius 3 is 2.54 bits per heavy atom. The normalized spacial score (nSPS) is 10.9. The van der Waals surface area contributed by atoms with Gasteiger partial charge in [-0.05, 0) is 53.2 Å². The SMILES string of the molecule is C#Cc1ccc(COCCCNC(=O)OC(C)(C)C)c(N(CC)CC)c1. The van der Waals surface area contributed by atoms with Crippen LogP contribution in [-0.4, -0.2) is 37.9 Å². The molecule has 144 valence electrons. The molecule has 26 heavy (non-hydrogen) atoms. The van der Waals surface area contributed by atoms with E-state index in [0.29, 0.717) is 19.8 Å². The first-order valence-corrected chi connectivity index (χ1v) is 9.19. The Bertz CT molecular complexity index is 611. The Kier molecular flexibility index (Phi) is 9.01. The quantitative estimate of drug-likeness (QED) is 0.535. The molecular formula is C21H32N2O3. The van der Waals surface area contributed by atoms with Crippen LogP contribution in [0.1, 0.15) is 52.2 Å². The highest BCUT2D eigenvalue weighted by Crippen LogP contribution is 2.23. The van der Waals surface area contributed by atoms with Crippen LogP contribution in [0.2, 0.25) is 0 Å². The molecule has 0 unspecified atom stereocenters. The standard InChI is InChI=1S/C21H32N2O3/c1-7-17-11-12-18(19(15-17)23(8-2)9-3)16-25-14-10-13-22-20(24)26-21(4,5)6/h1,11-12,15H,8-10,13-14,16H2,2-6H3,(H,22,24). The average Bonchev–Trinajstić information content (AvgIpc) is 2.58. The summed E-state index contributed by atoms with van der Waals surface area (Å²) in [5, 5.41) is 2.73. The van der Waals surface area contributed by atoms with Crippen LogP contribution < -0.4 is 10.2 Å². The van der Waals surface area contributed by atoms with Gasteiger partial charge < -0.3 is 19.7 Å². The molecule has 0 fully saturated rings. The second-order valence-electron chi connectivity index (χ2n) is 6.99. The zero-order chi connectivity index (χ0) is 19.6. The van der Waals surface area contributed by atoms with Gasteiger partial charge >= 0.3 is 6.09 Å². The van der Waals surface area contributed by atoms with Gasteiger partial charge in [0, 0.05) is 43.1 Å². The molecule has 0 aliphatic rings. The van der Waals surface area contributed by atoms with Crippen molar-refractivity contribution in [3.8, 4) is 12.3 Å². The lowest BCUT2D eigenvalue weighted by Crippen LogP contribution is -2.33. The zero-order valence-electron chi connectivity index (χ0n) is 16.7. The smallest absolute Gasteiger partial charge is 0.407 e. The molecule has 0 heterocycles. The summed E-state index contributed by atoms with van der Waals surface area (Å²) >= 11 is 0. The highest BCUT2D eigenvalue weighted by atomic mass is 16.6. The van der Waals surface area contributed by atoms with E-state index in [1.165, 1.54) is 0 Å². The Balaban J connectivity index is 2.46. The second-order valence-corrected chi connectivity index (χ2v) is 6.99. The van der Waals surface area contributed by atoms with Crippen LogP contribution >= 0.6 is 0 Å². The molecule has 1 N–H and O–H groups in total. The first-order chi connectivity index (χ1) is 12.3. The lowest BCUT2D eigenvalue weighted by atomic mass is 10.1. The second kappa shape index (κ2) is 10.7. The van der Waals surface area contributed by atoms with Gasteiger partial charge in [0.05, 0.1) is 6.61 Å². The van der Waals surface area contributed by atoms with Gasteiger partial charge in [-0.3, -0.25) is 0 Å². The lowest BCUT2D eigenvalue weighted by Gasteiger charge is -2.24. The van der Waals surface area contributed by atoms with Crippen LogP contribution in [-0.2, 0) is 16.1 Å². The number of hydrogen-bond donors (Lipinski definition) is 1. The van der Waals surface area contributed by atoms with Crippen LogP contribution in [0, 0.1) is 12.3 Å². The van der Waals surface area contributed by atoms with Crippen molar-refractivity contribution in [1.82, 2.24) is 5.32 Å². The van der Waals surface area contributed by atoms with Crippen molar-refractivity contribution < 1.29 is 14.3 Å². The molecule has 1 rings (SSSR count). The van der Waals surface area contributed by atoms with Crippen molar-refractivity contribution in [2.75, 3.05) is 31.1 Å². The number of amides is 1. The number of nitrogens with one attached hydrogen (secondary N) is 1. The van der Waals surface area contributed by atoms with E-state index < -0.39 is 11.7 Å². The number of alkyl carbamates (subject to hydrolysis) is 1. The van der Waals surface area contributed by atoms with Gasteiger partial charge in [-0.25, -0.2) is 4.79 Å². The molecule has 0 aliphatic heterocycles. The van der Waals surface area contributed by atoms with E-state index in [-0.39, 0.29) is 0 Å². The van der Waals surface area contributed by atoms with Crippen molar-refractivity contribution in [3.63, 3.8) is 0 Å². The van der Waals surface area contributed by atoms with Crippen molar-refractivity contribution >= 4 is 11.8 Å². The minimum absolute atomic E-state index is 0.397.